The third kappa shape index (κ3) is 2.83. The lowest BCUT2D eigenvalue weighted by atomic mass is 10.1. The Balaban J connectivity index is 2.02. The van der Waals surface area contributed by atoms with E-state index in [1.54, 1.807) is 12.3 Å². The van der Waals surface area contributed by atoms with E-state index in [4.69, 9.17) is 4.74 Å². The molecule has 0 saturated heterocycles. The van der Waals surface area contributed by atoms with Crippen LogP contribution in [0.15, 0.2) is 53.1 Å². The van der Waals surface area contributed by atoms with Gasteiger partial charge in [0.1, 0.15) is 0 Å². The highest BCUT2D eigenvalue weighted by molar-refractivity contribution is 9.10. The Kier molecular flexibility index (Phi) is 4.11. The number of nitrogens with zero attached hydrogens (tertiary/aromatic N) is 1. The van der Waals surface area contributed by atoms with Gasteiger partial charge >= 0.3 is 0 Å². The zero-order valence-corrected chi connectivity index (χ0v) is 13.5. The quantitative estimate of drug-likeness (QED) is 0.727. The maximum Gasteiger partial charge on any atom is 0.172 e. The fraction of sp³-hybridized carbons (Fsp3) is 0.0556. The van der Waals surface area contributed by atoms with E-state index < -0.39 is 0 Å². The molecule has 1 N–H and O–H groups in total. The molecular formula is C18H14BrNO2. The van der Waals surface area contributed by atoms with Crippen molar-refractivity contribution < 1.29 is 9.84 Å². The molecular weight excluding hydrogens is 342 g/mol. The largest absolute Gasteiger partial charge is 0.503 e. The standard InChI is InChI=1S/C18H14BrNO2/c1-22-17-11-12(10-15(19)18(17)21)6-7-13-8-9-20-16-5-3-2-4-14(13)16/h2-11,21H,1H3/b7-6+. The molecule has 0 amide bonds. The van der Waals surface area contributed by atoms with E-state index in [-0.39, 0.29) is 5.75 Å². The van der Waals surface area contributed by atoms with Gasteiger partial charge in [0.2, 0.25) is 0 Å². The molecule has 22 heavy (non-hydrogen) atoms. The highest BCUT2D eigenvalue weighted by Crippen LogP contribution is 2.35. The van der Waals surface area contributed by atoms with E-state index in [9.17, 15) is 5.11 Å². The van der Waals surface area contributed by atoms with Gasteiger partial charge in [0.15, 0.2) is 11.5 Å². The Morgan fingerprint density at radius 2 is 1.95 bits per heavy atom. The zero-order chi connectivity index (χ0) is 15.5. The minimum atomic E-state index is 0.106. The van der Waals surface area contributed by atoms with Gasteiger partial charge in [-0.15, -0.1) is 0 Å². The van der Waals surface area contributed by atoms with Crippen LogP contribution in [-0.2, 0) is 0 Å². The molecule has 0 atom stereocenters. The van der Waals surface area contributed by atoms with Gasteiger partial charge < -0.3 is 9.84 Å². The third-order valence-corrected chi connectivity index (χ3v) is 4.01. The Labute approximate surface area is 137 Å². The second-order valence-electron chi connectivity index (χ2n) is 4.80. The second-order valence-corrected chi connectivity index (χ2v) is 5.66. The number of halogens is 1. The molecule has 110 valence electrons. The lowest BCUT2D eigenvalue weighted by Gasteiger charge is -2.06. The highest BCUT2D eigenvalue weighted by Gasteiger charge is 2.07. The van der Waals surface area contributed by atoms with Crippen molar-refractivity contribution in [1.82, 2.24) is 4.98 Å². The Bertz CT molecular complexity index is 854. The molecule has 3 aromatic rings. The van der Waals surface area contributed by atoms with Crippen LogP contribution in [0.25, 0.3) is 23.1 Å². The van der Waals surface area contributed by atoms with Crippen molar-refractivity contribution in [3.8, 4) is 11.5 Å². The molecule has 2 aromatic carbocycles. The average molecular weight is 356 g/mol. The molecule has 0 bridgehead atoms. The van der Waals surface area contributed by atoms with Crippen LogP contribution in [0.4, 0.5) is 0 Å². The normalized spacial score (nSPS) is 11.2. The number of hydrogen-bond donors (Lipinski definition) is 1. The average Bonchev–Trinajstić information content (AvgIpc) is 2.55. The van der Waals surface area contributed by atoms with Gasteiger partial charge in [-0.1, -0.05) is 30.4 Å². The van der Waals surface area contributed by atoms with Crippen molar-refractivity contribution in [2.45, 2.75) is 0 Å². The molecule has 0 aliphatic rings. The molecule has 0 unspecified atom stereocenters. The predicted molar refractivity (Wildman–Crippen MR) is 93.0 cm³/mol. The molecule has 0 fully saturated rings. The number of fused-ring (bicyclic) bond motifs is 1. The second kappa shape index (κ2) is 6.20. The first kappa shape index (κ1) is 14.6. The van der Waals surface area contributed by atoms with Gasteiger partial charge in [0.05, 0.1) is 17.1 Å². The van der Waals surface area contributed by atoms with Crippen molar-refractivity contribution in [1.29, 1.82) is 0 Å². The number of rotatable bonds is 3. The Morgan fingerprint density at radius 1 is 1.14 bits per heavy atom. The lowest BCUT2D eigenvalue weighted by Crippen LogP contribution is -1.86. The van der Waals surface area contributed by atoms with Gasteiger partial charge in [-0.05, 0) is 51.3 Å². The number of hydrogen-bond acceptors (Lipinski definition) is 3. The Morgan fingerprint density at radius 3 is 2.77 bits per heavy atom. The van der Waals surface area contributed by atoms with E-state index >= 15 is 0 Å². The minimum absolute atomic E-state index is 0.106. The van der Waals surface area contributed by atoms with Crippen molar-refractivity contribution in [3.05, 3.63) is 64.3 Å². The molecule has 0 radical (unpaired) electrons. The molecule has 4 heteroatoms. The molecule has 1 aromatic heterocycles. The van der Waals surface area contributed by atoms with E-state index in [2.05, 4.69) is 27.0 Å². The van der Waals surface area contributed by atoms with Gasteiger partial charge in [0, 0.05) is 11.6 Å². The zero-order valence-electron chi connectivity index (χ0n) is 12.0. The van der Waals surface area contributed by atoms with Crippen molar-refractivity contribution in [2.24, 2.45) is 0 Å². The van der Waals surface area contributed by atoms with Crippen LogP contribution in [-0.4, -0.2) is 17.2 Å². The first-order chi connectivity index (χ1) is 10.7. The molecule has 1 heterocycles. The van der Waals surface area contributed by atoms with Crippen LogP contribution in [0, 0.1) is 0 Å². The van der Waals surface area contributed by atoms with Crippen molar-refractivity contribution >= 4 is 39.0 Å². The number of phenols is 1. The number of para-hydroxylation sites is 1. The number of ether oxygens (including phenoxy) is 1. The number of aromatic hydroxyl groups is 1. The summed E-state index contributed by atoms with van der Waals surface area (Å²) < 4.78 is 5.77. The summed E-state index contributed by atoms with van der Waals surface area (Å²) in [5, 5.41) is 10.9. The van der Waals surface area contributed by atoms with Gasteiger partial charge in [-0.2, -0.15) is 0 Å². The van der Waals surface area contributed by atoms with E-state index in [0.29, 0.717) is 10.2 Å². The molecule has 3 rings (SSSR count). The molecule has 0 aliphatic carbocycles. The number of aromatic nitrogens is 1. The number of phenolic OH excluding ortho intramolecular Hbond substituents is 1. The monoisotopic (exact) mass is 355 g/mol. The predicted octanol–water partition coefficient (Wildman–Crippen LogP) is 4.88. The summed E-state index contributed by atoms with van der Waals surface area (Å²) in [7, 11) is 1.53. The summed E-state index contributed by atoms with van der Waals surface area (Å²) in [6.07, 6.45) is 5.81. The first-order valence-corrected chi connectivity index (χ1v) is 7.56. The topological polar surface area (TPSA) is 42.4 Å². The van der Waals surface area contributed by atoms with Crippen molar-refractivity contribution in [3.63, 3.8) is 0 Å². The summed E-state index contributed by atoms with van der Waals surface area (Å²) in [5.41, 5.74) is 2.99. The highest BCUT2D eigenvalue weighted by atomic mass is 79.9. The van der Waals surface area contributed by atoms with Gasteiger partial charge in [-0.25, -0.2) is 0 Å². The SMILES string of the molecule is COc1cc(/C=C/c2ccnc3ccccc23)cc(Br)c1O. The van der Waals surface area contributed by atoms with Crippen LogP contribution in [0.1, 0.15) is 11.1 Å². The summed E-state index contributed by atoms with van der Waals surface area (Å²) in [4.78, 5) is 4.36. The maximum absolute atomic E-state index is 9.84. The van der Waals surface area contributed by atoms with Crippen LogP contribution < -0.4 is 4.74 Å². The summed E-state index contributed by atoms with van der Waals surface area (Å²) in [6, 6.07) is 13.6. The van der Waals surface area contributed by atoms with Crippen LogP contribution in [0.3, 0.4) is 0 Å². The summed E-state index contributed by atoms with van der Waals surface area (Å²) in [5.74, 6) is 0.544. The van der Waals surface area contributed by atoms with Gasteiger partial charge in [-0.3, -0.25) is 4.98 Å². The van der Waals surface area contributed by atoms with Crippen LogP contribution >= 0.6 is 15.9 Å². The smallest absolute Gasteiger partial charge is 0.172 e. The fourth-order valence-corrected chi connectivity index (χ4v) is 2.75. The van der Waals surface area contributed by atoms with E-state index in [0.717, 1.165) is 22.0 Å². The van der Waals surface area contributed by atoms with Crippen LogP contribution in [0.2, 0.25) is 0 Å². The lowest BCUT2D eigenvalue weighted by molar-refractivity contribution is 0.372. The molecule has 3 nitrogen and oxygen atoms in total. The fourth-order valence-electron chi connectivity index (χ4n) is 2.29. The Hall–Kier alpha value is -2.33. The number of benzene rings is 2. The first-order valence-electron chi connectivity index (χ1n) is 6.77. The van der Waals surface area contributed by atoms with E-state index in [1.165, 1.54) is 7.11 Å². The number of pyridine rings is 1. The van der Waals surface area contributed by atoms with Crippen molar-refractivity contribution in [2.75, 3.05) is 7.11 Å². The minimum Gasteiger partial charge on any atom is -0.503 e. The molecule has 0 aliphatic heterocycles. The molecule has 0 saturated carbocycles. The third-order valence-electron chi connectivity index (χ3n) is 3.41. The maximum atomic E-state index is 9.84. The summed E-state index contributed by atoms with van der Waals surface area (Å²) in [6.45, 7) is 0. The van der Waals surface area contributed by atoms with Crippen LogP contribution in [0.5, 0.6) is 11.5 Å². The molecule has 0 spiro atoms. The summed E-state index contributed by atoms with van der Waals surface area (Å²) >= 11 is 3.33. The van der Waals surface area contributed by atoms with E-state index in [1.807, 2.05) is 42.5 Å². The van der Waals surface area contributed by atoms with Gasteiger partial charge in [0.25, 0.3) is 0 Å². The number of methoxy groups -OCH3 is 1.